The van der Waals surface area contributed by atoms with E-state index in [4.69, 9.17) is 14.2 Å². The molecule has 0 saturated carbocycles. The predicted molar refractivity (Wildman–Crippen MR) is 116 cm³/mol. The minimum Gasteiger partial charge on any atom is -0.493 e. The molecule has 10 heteroatoms. The molecule has 1 N–H and O–H groups in total. The summed E-state index contributed by atoms with van der Waals surface area (Å²) >= 11 is 0. The summed E-state index contributed by atoms with van der Waals surface area (Å²) in [6.45, 7) is 0.561. The highest BCUT2D eigenvalue weighted by atomic mass is 32.2. The van der Waals surface area contributed by atoms with Crippen LogP contribution in [-0.2, 0) is 21.4 Å². The first kappa shape index (κ1) is 23.8. The van der Waals surface area contributed by atoms with Gasteiger partial charge in [0.15, 0.2) is 11.5 Å². The SMILES string of the molecule is COc1ccc(CNC(=O)C2CCCN(S(=O)(=O)c3ccc(F)cc3)C2)c(OC)c1OC. The molecule has 1 saturated heterocycles. The summed E-state index contributed by atoms with van der Waals surface area (Å²) in [7, 11) is 0.721. The Hall–Kier alpha value is -2.85. The summed E-state index contributed by atoms with van der Waals surface area (Å²) in [6, 6.07) is 8.18. The molecule has 174 valence electrons. The quantitative estimate of drug-likeness (QED) is 0.643. The van der Waals surface area contributed by atoms with Gasteiger partial charge < -0.3 is 19.5 Å². The second-order valence-corrected chi connectivity index (χ2v) is 9.31. The zero-order chi connectivity index (χ0) is 23.3. The third-order valence-electron chi connectivity index (χ3n) is 5.45. The smallest absolute Gasteiger partial charge is 0.243 e. The van der Waals surface area contributed by atoms with Crippen LogP contribution >= 0.6 is 0 Å². The number of nitrogens with zero attached hydrogens (tertiary/aromatic N) is 1. The van der Waals surface area contributed by atoms with E-state index < -0.39 is 21.8 Å². The molecule has 2 aromatic rings. The summed E-state index contributed by atoms with van der Waals surface area (Å²) in [5, 5.41) is 2.87. The van der Waals surface area contributed by atoms with Gasteiger partial charge in [-0.15, -0.1) is 0 Å². The fourth-order valence-electron chi connectivity index (χ4n) is 3.76. The predicted octanol–water partition coefficient (Wildman–Crippen LogP) is 2.57. The minimum absolute atomic E-state index is 0.00928. The van der Waals surface area contributed by atoms with Gasteiger partial charge in [0.05, 0.1) is 32.1 Å². The number of nitrogens with one attached hydrogen (secondary N) is 1. The van der Waals surface area contributed by atoms with E-state index in [0.29, 0.717) is 42.2 Å². The summed E-state index contributed by atoms with van der Waals surface area (Å²) in [5.74, 6) is 0.136. The number of benzene rings is 2. The fraction of sp³-hybridized carbons (Fsp3) is 0.409. The van der Waals surface area contributed by atoms with Crippen LogP contribution in [0.15, 0.2) is 41.3 Å². The van der Waals surface area contributed by atoms with Crippen LogP contribution < -0.4 is 19.5 Å². The largest absolute Gasteiger partial charge is 0.493 e. The van der Waals surface area contributed by atoms with Crippen molar-refractivity contribution in [2.45, 2.75) is 24.3 Å². The molecule has 0 aliphatic carbocycles. The normalized spacial score (nSPS) is 16.9. The van der Waals surface area contributed by atoms with Gasteiger partial charge in [-0.2, -0.15) is 4.31 Å². The van der Waals surface area contributed by atoms with E-state index in [9.17, 15) is 17.6 Å². The Balaban J connectivity index is 1.69. The highest BCUT2D eigenvalue weighted by molar-refractivity contribution is 7.89. The van der Waals surface area contributed by atoms with Crippen molar-refractivity contribution in [3.05, 3.63) is 47.8 Å². The van der Waals surface area contributed by atoms with Crippen molar-refractivity contribution in [2.75, 3.05) is 34.4 Å². The lowest BCUT2D eigenvalue weighted by molar-refractivity contribution is -0.126. The van der Waals surface area contributed by atoms with Gasteiger partial charge in [-0.1, -0.05) is 0 Å². The molecular formula is C22H27FN2O6S. The van der Waals surface area contributed by atoms with E-state index in [-0.39, 0.29) is 23.9 Å². The monoisotopic (exact) mass is 466 g/mol. The van der Waals surface area contributed by atoms with Crippen molar-refractivity contribution in [2.24, 2.45) is 5.92 Å². The van der Waals surface area contributed by atoms with Crippen molar-refractivity contribution in [3.8, 4) is 17.2 Å². The van der Waals surface area contributed by atoms with Crippen molar-refractivity contribution in [3.63, 3.8) is 0 Å². The highest BCUT2D eigenvalue weighted by Gasteiger charge is 2.33. The van der Waals surface area contributed by atoms with Gasteiger partial charge in [0.25, 0.3) is 0 Å². The van der Waals surface area contributed by atoms with E-state index in [1.807, 2.05) is 0 Å². The third-order valence-corrected chi connectivity index (χ3v) is 7.32. The van der Waals surface area contributed by atoms with Gasteiger partial charge in [-0.05, 0) is 49.2 Å². The highest BCUT2D eigenvalue weighted by Crippen LogP contribution is 2.39. The van der Waals surface area contributed by atoms with Crippen molar-refractivity contribution in [1.29, 1.82) is 0 Å². The number of ether oxygens (including phenoxy) is 3. The van der Waals surface area contributed by atoms with Gasteiger partial charge >= 0.3 is 0 Å². The van der Waals surface area contributed by atoms with Gasteiger partial charge in [0.1, 0.15) is 5.82 Å². The Kier molecular flexibility index (Phi) is 7.57. The van der Waals surface area contributed by atoms with Crippen LogP contribution in [0.3, 0.4) is 0 Å². The Morgan fingerprint density at radius 1 is 1.06 bits per heavy atom. The number of hydrogen-bond acceptors (Lipinski definition) is 6. The summed E-state index contributed by atoms with van der Waals surface area (Å²) in [4.78, 5) is 12.8. The van der Waals surface area contributed by atoms with E-state index in [2.05, 4.69) is 5.32 Å². The lowest BCUT2D eigenvalue weighted by atomic mass is 9.98. The molecule has 0 aromatic heterocycles. The first-order chi connectivity index (χ1) is 15.3. The van der Waals surface area contributed by atoms with Crippen LogP contribution in [-0.4, -0.2) is 53.0 Å². The van der Waals surface area contributed by atoms with Gasteiger partial charge in [-0.3, -0.25) is 4.79 Å². The lowest BCUT2D eigenvalue weighted by Crippen LogP contribution is -2.45. The molecule has 2 aromatic carbocycles. The summed E-state index contributed by atoms with van der Waals surface area (Å²) < 4.78 is 56.3. The van der Waals surface area contributed by atoms with Crippen LogP contribution in [0, 0.1) is 11.7 Å². The Labute approximate surface area is 187 Å². The maximum absolute atomic E-state index is 13.2. The zero-order valence-corrected chi connectivity index (χ0v) is 19.1. The Bertz CT molecular complexity index is 1060. The molecule has 1 fully saturated rings. The summed E-state index contributed by atoms with van der Waals surface area (Å²) in [6.07, 6.45) is 1.13. The topological polar surface area (TPSA) is 94.2 Å². The van der Waals surface area contributed by atoms with Crippen LogP contribution in [0.4, 0.5) is 4.39 Å². The number of rotatable bonds is 8. The van der Waals surface area contributed by atoms with Gasteiger partial charge in [0.2, 0.25) is 21.7 Å². The number of carbonyl (C=O) groups is 1. The number of piperidine rings is 1. The van der Waals surface area contributed by atoms with Crippen LogP contribution in [0.5, 0.6) is 17.2 Å². The number of methoxy groups -OCH3 is 3. The van der Waals surface area contributed by atoms with Crippen LogP contribution in [0.1, 0.15) is 18.4 Å². The molecule has 8 nitrogen and oxygen atoms in total. The average Bonchev–Trinajstić information content (AvgIpc) is 2.82. The second-order valence-electron chi connectivity index (χ2n) is 7.37. The lowest BCUT2D eigenvalue weighted by Gasteiger charge is -2.31. The van der Waals surface area contributed by atoms with Crippen molar-refractivity contribution < 1.29 is 31.8 Å². The molecule has 32 heavy (non-hydrogen) atoms. The van der Waals surface area contributed by atoms with Gasteiger partial charge in [0, 0.05) is 25.2 Å². The molecule has 0 radical (unpaired) electrons. The molecule has 1 atom stereocenters. The first-order valence-electron chi connectivity index (χ1n) is 10.1. The summed E-state index contributed by atoms with van der Waals surface area (Å²) in [5.41, 5.74) is 0.699. The second kappa shape index (κ2) is 10.2. The molecule has 0 spiro atoms. The molecule has 1 unspecified atom stereocenters. The van der Waals surface area contributed by atoms with E-state index in [1.165, 1.54) is 37.8 Å². The molecule has 0 bridgehead atoms. The number of halogens is 1. The van der Waals surface area contributed by atoms with E-state index >= 15 is 0 Å². The number of hydrogen-bond donors (Lipinski definition) is 1. The first-order valence-corrected chi connectivity index (χ1v) is 11.6. The average molecular weight is 467 g/mol. The number of amides is 1. The fourth-order valence-corrected chi connectivity index (χ4v) is 5.28. The van der Waals surface area contributed by atoms with E-state index in [0.717, 1.165) is 12.1 Å². The number of sulfonamides is 1. The molecular weight excluding hydrogens is 439 g/mol. The minimum atomic E-state index is -3.80. The maximum Gasteiger partial charge on any atom is 0.243 e. The Morgan fingerprint density at radius 2 is 1.75 bits per heavy atom. The molecule has 3 rings (SSSR count). The zero-order valence-electron chi connectivity index (χ0n) is 18.3. The van der Waals surface area contributed by atoms with Crippen molar-refractivity contribution >= 4 is 15.9 Å². The van der Waals surface area contributed by atoms with Crippen LogP contribution in [0.25, 0.3) is 0 Å². The molecule has 1 aliphatic rings. The van der Waals surface area contributed by atoms with Gasteiger partial charge in [-0.25, -0.2) is 12.8 Å². The Morgan fingerprint density at radius 3 is 2.38 bits per heavy atom. The molecule has 1 heterocycles. The number of carbonyl (C=O) groups excluding carboxylic acids is 1. The molecule has 1 aliphatic heterocycles. The standard InChI is InChI=1S/C22H27FN2O6S/c1-29-19-11-6-15(20(30-2)21(19)31-3)13-24-22(26)16-5-4-12-25(14-16)32(27,28)18-9-7-17(23)8-10-18/h6-11,16H,4-5,12-14H2,1-3H3,(H,24,26). The third kappa shape index (κ3) is 4.97. The van der Waals surface area contributed by atoms with Crippen LogP contribution in [0.2, 0.25) is 0 Å². The van der Waals surface area contributed by atoms with Crippen molar-refractivity contribution in [1.82, 2.24) is 9.62 Å². The van der Waals surface area contributed by atoms with E-state index in [1.54, 1.807) is 12.1 Å². The molecule has 1 amide bonds. The maximum atomic E-state index is 13.2.